The summed E-state index contributed by atoms with van der Waals surface area (Å²) in [4.78, 5) is 27.6. The van der Waals surface area contributed by atoms with Crippen molar-refractivity contribution in [1.29, 1.82) is 0 Å². The van der Waals surface area contributed by atoms with Crippen molar-refractivity contribution in [2.45, 2.75) is 25.2 Å². The Kier molecular flexibility index (Phi) is 5.63. The van der Waals surface area contributed by atoms with Crippen LogP contribution in [0.4, 0.5) is 0 Å². The van der Waals surface area contributed by atoms with Gasteiger partial charge in [0, 0.05) is 54.2 Å². The number of amides is 1. The molecule has 6 heteroatoms. The average Bonchev–Trinajstić information content (AvgIpc) is 2.76. The van der Waals surface area contributed by atoms with E-state index >= 15 is 0 Å². The van der Waals surface area contributed by atoms with Crippen LogP contribution in [0, 0.1) is 0 Å². The van der Waals surface area contributed by atoms with Gasteiger partial charge in [-0.15, -0.1) is 0 Å². The standard InChI is InChI=1S/C22H21ClN4O/c23-18-8-6-16(7-9-18)13-19-4-1-5-20(26-19)17-3-2-12-27(15-17)22(28)21-14-24-10-11-25-21/h1,4-11,14,17H,2-3,12-13,15H2/t17-/m1/s1. The van der Waals surface area contributed by atoms with Gasteiger partial charge in [0.1, 0.15) is 5.69 Å². The molecule has 1 saturated heterocycles. The number of hydrogen-bond acceptors (Lipinski definition) is 4. The number of rotatable bonds is 4. The molecule has 0 radical (unpaired) electrons. The van der Waals surface area contributed by atoms with Gasteiger partial charge in [0.05, 0.1) is 6.20 Å². The summed E-state index contributed by atoms with van der Waals surface area (Å²) in [5.41, 5.74) is 3.64. The molecule has 0 spiro atoms. The highest BCUT2D eigenvalue weighted by atomic mass is 35.5. The largest absolute Gasteiger partial charge is 0.337 e. The molecule has 0 aliphatic carbocycles. The molecule has 1 aromatic carbocycles. The Balaban J connectivity index is 1.47. The van der Waals surface area contributed by atoms with Gasteiger partial charge in [-0.1, -0.05) is 29.8 Å². The van der Waals surface area contributed by atoms with E-state index in [1.54, 1.807) is 12.4 Å². The van der Waals surface area contributed by atoms with Crippen molar-refractivity contribution in [3.05, 3.63) is 88.7 Å². The van der Waals surface area contributed by atoms with E-state index in [9.17, 15) is 4.79 Å². The molecule has 28 heavy (non-hydrogen) atoms. The maximum Gasteiger partial charge on any atom is 0.274 e. The third-order valence-electron chi connectivity index (χ3n) is 5.04. The molecule has 1 fully saturated rings. The van der Waals surface area contributed by atoms with Crippen LogP contribution in [0.3, 0.4) is 0 Å². The summed E-state index contributed by atoms with van der Waals surface area (Å²) in [7, 11) is 0. The number of carbonyl (C=O) groups excluding carboxylic acids is 1. The van der Waals surface area contributed by atoms with E-state index in [4.69, 9.17) is 16.6 Å². The Bertz CT molecular complexity index is 946. The fourth-order valence-electron chi connectivity index (χ4n) is 3.61. The second kappa shape index (κ2) is 8.48. The number of piperidine rings is 1. The van der Waals surface area contributed by atoms with Crippen molar-refractivity contribution >= 4 is 17.5 Å². The number of nitrogens with zero attached hydrogens (tertiary/aromatic N) is 4. The van der Waals surface area contributed by atoms with Gasteiger partial charge in [-0.25, -0.2) is 4.98 Å². The van der Waals surface area contributed by atoms with Crippen LogP contribution in [0.25, 0.3) is 0 Å². The Morgan fingerprint density at radius 1 is 1.14 bits per heavy atom. The van der Waals surface area contributed by atoms with Crippen LogP contribution < -0.4 is 0 Å². The molecule has 2 aromatic heterocycles. The fraction of sp³-hybridized carbons (Fsp3) is 0.273. The number of benzene rings is 1. The molecule has 0 unspecified atom stereocenters. The summed E-state index contributed by atoms with van der Waals surface area (Å²) < 4.78 is 0. The lowest BCUT2D eigenvalue weighted by molar-refractivity contribution is 0.0699. The molecule has 0 N–H and O–H groups in total. The number of aromatic nitrogens is 3. The quantitative estimate of drug-likeness (QED) is 0.669. The number of pyridine rings is 1. The zero-order valence-corrected chi connectivity index (χ0v) is 16.2. The highest BCUT2D eigenvalue weighted by Crippen LogP contribution is 2.27. The first kappa shape index (κ1) is 18.6. The minimum atomic E-state index is -0.0601. The SMILES string of the molecule is O=C(c1cnccn1)N1CCC[C@@H](c2cccc(Cc3ccc(Cl)cc3)n2)C1. The van der Waals surface area contributed by atoms with E-state index in [-0.39, 0.29) is 11.8 Å². The van der Waals surface area contributed by atoms with Gasteiger partial charge in [-0.05, 0) is 42.7 Å². The minimum absolute atomic E-state index is 0.0601. The summed E-state index contributed by atoms with van der Waals surface area (Å²) >= 11 is 5.97. The van der Waals surface area contributed by atoms with Crippen molar-refractivity contribution in [2.75, 3.05) is 13.1 Å². The molecule has 1 amide bonds. The monoisotopic (exact) mass is 392 g/mol. The molecule has 4 rings (SSSR count). The van der Waals surface area contributed by atoms with Crippen LogP contribution in [0.1, 0.15) is 46.2 Å². The molecule has 3 heterocycles. The molecule has 5 nitrogen and oxygen atoms in total. The van der Waals surface area contributed by atoms with Crippen LogP contribution >= 0.6 is 11.6 Å². The molecule has 0 bridgehead atoms. The van der Waals surface area contributed by atoms with E-state index in [1.165, 1.54) is 11.8 Å². The second-order valence-corrected chi connectivity index (χ2v) is 7.47. The lowest BCUT2D eigenvalue weighted by atomic mass is 9.93. The van der Waals surface area contributed by atoms with E-state index in [1.807, 2.05) is 35.2 Å². The molecule has 0 saturated carbocycles. The fourth-order valence-corrected chi connectivity index (χ4v) is 3.74. The van der Waals surface area contributed by atoms with Crippen molar-refractivity contribution in [3.63, 3.8) is 0 Å². The van der Waals surface area contributed by atoms with Crippen molar-refractivity contribution in [3.8, 4) is 0 Å². The van der Waals surface area contributed by atoms with Gasteiger partial charge in [-0.2, -0.15) is 0 Å². The van der Waals surface area contributed by atoms with Gasteiger partial charge >= 0.3 is 0 Å². The highest BCUT2D eigenvalue weighted by molar-refractivity contribution is 6.30. The summed E-state index contributed by atoms with van der Waals surface area (Å²) in [5.74, 6) is 0.176. The van der Waals surface area contributed by atoms with E-state index in [2.05, 4.69) is 22.1 Å². The Labute approximate surface area is 169 Å². The highest BCUT2D eigenvalue weighted by Gasteiger charge is 2.27. The average molecular weight is 393 g/mol. The predicted octanol–water partition coefficient (Wildman–Crippen LogP) is 4.14. The summed E-state index contributed by atoms with van der Waals surface area (Å²) in [6.07, 6.45) is 7.40. The topological polar surface area (TPSA) is 59.0 Å². The number of hydrogen-bond donors (Lipinski definition) is 0. The molecule has 142 valence electrons. The van der Waals surface area contributed by atoms with Crippen molar-refractivity contribution in [2.24, 2.45) is 0 Å². The summed E-state index contributed by atoms with van der Waals surface area (Å²) in [5, 5.41) is 0.737. The molecular weight excluding hydrogens is 372 g/mol. The third-order valence-corrected chi connectivity index (χ3v) is 5.29. The third kappa shape index (κ3) is 4.37. The van der Waals surface area contributed by atoms with Crippen LogP contribution in [0.15, 0.2) is 61.1 Å². The van der Waals surface area contributed by atoms with E-state index < -0.39 is 0 Å². The van der Waals surface area contributed by atoms with Crippen molar-refractivity contribution in [1.82, 2.24) is 19.9 Å². The maximum atomic E-state index is 12.7. The van der Waals surface area contributed by atoms with Crippen molar-refractivity contribution < 1.29 is 4.79 Å². The number of carbonyl (C=O) groups is 1. The van der Waals surface area contributed by atoms with E-state index in [0.717, 1.165) is 42.2 Å². The molecule has 1 aliphatic rings. The zero-order chi connectivity index (χ0) is 19.3. The first-order valence-electron chi connectivity index (χ1n) is 9.44. The first-order valence-corrected chi connectivity index (χ1v) is 9.82. The van der Waals surface area contributed by atoms with Crippen LogP contribution in [-0.2, 0) is 6.42 Å². The minimum Gasteiger partial charge on any atom is -0.337 e. The maximum absolute atomic E-state index is 12.7. The lowest BCUT2D eigenvalue weighted by Gasteiger charge is -2.32. The van der Waals surface area contributed by atoms with Gasteiger partial charge < -0.3 is 4.90 Å². The molecular formula is C22H21ClN4O. The van der Waals surface area contributed by atoms with E-state index in [0.29, 0.717) is 12.2 Å². The first-order chi connectivity index (χ1) is 13.7. The van der Waals surface area contributed by atoms with Gasteiger partial charge in [0.15, 0.2) is 0 Å². The zero-order valence-electron chi connectivity index (χ0n) is 15.5. The van der Waals surface area contributed by atoms with Gasteiger partial charge in [0.25, 0.3) is 5.91 Å². The smallest absolute Gasteiger partial charge is 0.274 e. The van der Waals surface area contributed by atoms with Crippen LogP contribution in [0.5, 0.6) is 0 Å². The predicted molar refractivity (Wildman–Crippen MR) is 108 cm³/mol. The van der Waals surface area contributed by atoms with Gasteiger partial charge in [0.2, 0.25) is 0 Å². The molecule has 3 aromatic rings. The Hall–Kier alpha value is -2.79. The summed E-state index contributed by atoms with van der Waals surface area (Å²) in [6.45, 7) is 1.41. The molecule has 1 aliphatic heterocycles. The van der Waals surface area contributed by atoms with Crippen LogP contribution in [0.2, 0.25) is 5.02 Å². The second-order valence-electron chi connectivity index (χ2n) is 7.04. The Morgan fingerprint density at radius 2 is 2.00 bits per heavy atom. The normalized spacial score (nSPS) is 16.8. The summed E-state index contributed by atoms with van der Waals surface area (Å²) in [6, 6.07) is 14.0. The number of halogens is 1. The molecule has 1 atom stereocenters. The number of likely N-dealkylation sites (tertiary alicyclic amines) is 1. The Morgan fingerprint density at radius 3 is 2.79 bits per heavy atom. The van der Waals surface area contributed by atoms with Gasteiger partial charge in [-0.3, -0.25) is 14.8 Å². The van der Waals surface area contributed by atoms with Crippen LogP contribution in [-0.4, -0.2) is 38.8 Å². The lowest BCUT2D eigenvalue weighted by Crippen LogP contribution is -2.39.